The van der Waals surface area contributed by atoms with Crippen molar-refractivity contribution < 1.29 is 9.53 Å². The largest absolute Gasteiger partial charge is 0.489 e. The van der Waals surface area contributed by atoms with Crippen molar-refractivity contribution in [1.29, 1.82) is 0 Å². The van der Waals surface area contributed by atoms with E-state index in [-0.39, 0.29) is 12.0 Å². The lowest BCUT2D eigenvalue weighted by molar-refractivity contribution is -0.120. The normalized spacial score (nSPS) is 18.0. The molecule has 1 unspecified atom stereocenters. The zero-order valence-electron chi connectivity index (χ0n) is 16.1. The van der Waals surface area contributed by atoms with Crippen LogP contribution in [0.15, 0.2) is 48.5 Å². The molecule has 1 heterocycles. The average Bonchev–Trinajstić information content (AvgIpc) is 3.10. The first-order valence-corrected chi connectivity index (χ1v) is 9.67. The summed E-state index contributed by atoms with van der Waals surface area (Å²) in [7, 11) is 0. The molecule has 2 aromatic rings. The topological polar surface area (TPSA) is 29.5 Å². The number of ketones is 1. The average molecular weight is 351 g/mol. The fourth-order valence-electron chi connectivity index (χ4n) is 3.56. The van der Waals surface area contributed by atoms with E-state index < -0.39 is 0 Å². The van der Waals surface area contributed by atoms with Crippen LogP contribution in [0.5, 0.6) is 5.75 Å². The number of carbonyl (C=O) groups is 1. The van der Waals surface area contributed by atoms with Gasteiger partial charge < -0.3 is 9.64 Å². The minimum absolute atomic E-state index is 0.0349. The van der Waals surface area contributed by atoms with Crippen LogP contribution in [-0.2, 0) is 4.79 Å². The van der Waals surface area contributed by atoms with Crippen LogP contribution in [0.4, 0.5) is 5.69 Å². The van der Waals surface area contributed by atoms with Gasteiger partial charge >= 0.3 is 0 Å². The van der Waals surface area contributed by atoms with Crippen LogP contribution in [0.2, 0.25) is 0 Å². The predicted molar refractivity (Wildman–Crippen MR) is 107 cm³/mol. The van der Waals surface area contributed by atoms with Gasteiger partial charge in [0.25, 0.3) is 0 Å². The Kier molecular flexibility index (Phi) is 5.97. The Balaban J connectivity index is 1.57. The van der Waals surface area contributed by atoms with E-state index in [0.717, 1.165) is 37.2 Å². The molecule has 2 atom stereocenters. The SMILES string of the molecule is CCCC(=O)C(C)c1ccc(O[C@@H]2CCN(c3cccc(C)c3)C2)cc1. The molecule has 3 nitrogen and oxygen atoms in total. The fraction of sp³-hybridized carbons (Fsp3) is 0.435. The lowest BCUT2D eigenvalue weighted by atomic mass is 9.94. The van der Waals surface area contributed by atoms with Gasteiger partial charge in [-0.3, -0.25) is 4.79 Å². The van der Waals surface area contributed by atoms with E-state index in [1.54, 1.807) is 0 Å². The Morgan fingerprint density at radius 1 is 1.23 bits per heavy atom. The van der Waals surface area contributed by atoms with Gasteiger partial charge in [0.2, 0.25) is 0 Å². The molecule has 1 fully saturated rings. The standard InChI is InChI=1S/C23H29NO2/c1-4-6-23(25)18(3)19-9-11-21(12-10-19)26-22-13-14-24(16-22)20-8-5-7-17(2)15-20/h5,7-12,15,18,22H,4,6,13-14,16H2,1-3H3/t18?,22-/m1/s1. The van der Waals surface area contributed by atoms with Crippen LogP contribution < -0.4 is 9.64 Å². The molecule has 0 N–H and O–H groups in total. The molecule has 1 aliphatic rings. The fourth-order valence-corrected chi connectivity index (χ4v) is 3.56. The molecule has 0 amide bonds. The number of carbonyl (C=O) groups excluding carboxylic acids is 1. The molecule has 26 heavy (non-hydrogen) atoms. The number of rotatable bonds is 7. The van der Waals surface area contributed by atoms with Crippen LogP contribution in [-0.4, -0.2) is 25.0 Å². The Hall–Kier alpha value is -2.29. The van der Waals surface area contributed by atoms with Crippen molar-refractivity contribution in [2.45, 2.75) is 52.1 Å². The highest BCUT2D eigenvalue weighted by Crippen LogP contribution is 2.26. The van der Waals surface area contributed by atoms with Crippen molar-refractivity contribution in [3.63, 3.8) is 0 Å². The molecule has 0 aliphatic carbocycles. The van der Waals surface area contributed by atoms with Crippen LogP contribution >= 0.6 is 0 Å². The molecule has 1 aliphatic heterocycles. The molecule has 0 aromatic heterocycles. The van der Waals surface area contributed by atoms with Gasteiger partial charge in [-0.05, 0) is 48.7 Å². The maximum atomic E-state index is 12.1. The number of anilines is 1. The predicted octanol–water partition coefficient (Wildman–Crippen LogP) is 5.13. The Labute approximate surface area is 157 Å². The van der Waals surface area contributed by atoms with E-state index >= 15 is 0 Å². The first kappa shape index (κ1) is 18.5. The molecule has 3 heteroatoms. The smallest absolute Gasteiger partial charge is 0.140 e. The number of benzene rings is 2. The van der Waals surface area contributed by atoms with Gasteiger partial charge in [-0.25, -0.2) is 0 Å². The van der Waals surface area contributed by atoms with Crippen molar-refractivity contribution in [1.82, 2.24) is 0 Å². The molecule has 2 aromatic carbocycles. The molecule has 0 spiro atoms. The third-order valence-corrected chi connectivity index (χ3v) is 5.17. The lowest BCUT2D eigenvalue weighted by Gasteiger charge is -2.19. The highest BCUT2D eigenvalue weighted by atomic mass is 16.5. The summed E-state index contributed by atoms with van der Waals surface area (Å²) in [5.41, 5.74) is 3.63. The van der Waals surface area contributed by atoms with Crippen LogP contribution in [0.25, 0.3) is 0 Å². The monoisotopic (exact) mass is 351 g/mol. The van der Waals surface area contributed by atoms with E-state index in [9.17, 15) is 4.79 Å². The van der Waals surface area contributed by atoms with Gasteiger partial charge in [0.05, 0.1) is 6.54 Å². The minimum Gasteiger partial charge on any atom is -0.489 e. The maximum absolute atomic E-state index is 12.1. The first-order chi connectivity index (χ1) is 12.6. The third kappa shape index (κ3) is 4.46. The molecule has 0 saturated carbocycles. The van der Waals surface area contributed by atoms with E-state index in [0.29, 0.717) is 12.2 Å². The molecular weight excluding hydrogens is 322 g/mol. The van der Waals surface area contributed by atoms with Gasteiger partial charge in [0.1, 0.15) is 17.6 Å². The summed E-state index contributed by atoms with van der Waals surface area (Å²) >= 11 is 0. The van der Waals surface area contributed by atoms with Crippen molar-refractivity contribution >= 4 is 11.5 Å². The number of hydrogen-bond donors (Lipinski definition) is 0. The second kappa shape index (κ2) is 8.39. The summed E-state index contributed by atoms with van der Waals surface area (Å²) < 4.78 is 6.17. The Morgan fingerprint density at radius 2 is 2.00 bits per heavy atom. The van der Waals surface area contributed by atoms with Gasteiger partial charge in [-0.1, -0.05) is 38.1 Å². The number of hydrogen-bond acceptors (Lipinski definition) is 3. The van der Waals surface area contributed by atoms with Crippen molar-refractivity contribution in [3.05, 3.63) is 59.7 Å². The highest BCUT2D eigenvalue weighted by Gasteiger charge is 2.24. The Bertz CT molecular complexity index is 738. The highest BCUT2D eigenvalue weighted by molar-refractivity contribution is 5.85. The van der Waals surface area contributed by atoms with E-state index in [1.165, 1.54) is 11.3 Å². The summed E-state index contributed by atoms with van der Waals surface area (Å²) in [4.78, 5) is 14.5. The Morgan fingerprint density at radius 3 is 2.69 bits per heavy atom. The van der Waals surface area contributed by atoms with Crippen LogP contribution in [0.1, 0.15) is 50.2 Å². The van der Waals surface area contributed by atoms with Crippen molar-refractivity contribution in [3.8, 4) is 5.75 Å². The van der Waals surface area contributed by atoms with E-state index in [4.69, 9.17) is 4.74 Å². The van der Waals surface area contributed by atoms with Gasteiger partial charge in [0, 0.05) is 31.0 Å². The lowest BCUT2D eigenvalue weighted by Crippen LogP contribution is -2.24. The quantitative estimate of drug-likeness (QED) is 0.693. The molecule has 0 radical (unpaired) electrons. The second-order valence-electron chi connectivity index (χ2n) is 7.32. The number of nitrogens with zero attached hydrogens (tertiary/aromatic N) is 1. The molecule has 1 saturated heterocycles. The molecule has 138 valence electrons. The van der Waals surface area contributed by atoms with Gasteiger partial charge in [0.15, 0.2) is 0 Å². The maximum Gasteiger partial charge on any atom is 0.140 e. The first-order valence-electron chi connectivity index (χ1n) is 9.67. The summed E-state index contributed by atoms with van der Waals surface area (Å²) in [5, 5.41) is 0. The summed E-state index contributed by atoms with van der Waals surface area (Å²) in [6, 6.07) is 16.7. The molecular formula is C23H29NO2. The van der Waals surface area contributed by atoms with Gasteiger partial charge in [-0.2, -0.15) is 0 Å². The molecule has 3 rings (SSSR count). The van der Waals surface area contributed by atoms with Gasteiger partial charge in [-0.15, -0.1) is 0 Å². The van der Waals surface area contributed by atoms with Crippen LogP contribution in [0, 0.1) is 6.92 Å². The number of ether oxygens (including phenoxy) is 1. The zero-order valence-corrected chi connectivity index (χ0v) is 16.1. The summed E-state index contributed by atoms with van der Waals surface area (Å²) in [6.45, 7) is 8.10. The van der Waals surface area contributed by atoms with E-state index in [1.807, 2.05) is 38.1 Å². The van der Waals surface area contributed by atoms with Crippen LogP contribution in [0.3, 0.4) is 0 Å². The zero-order chi connectivity index (χ0) is 18.5. The minimum atomic E-state index is -0.0349. The number of aryl methyl sites for hydroxylation is 1. The third-order valence-electron chi connectivity index (χ3n) is 5.17. The molecule has 0 bridgehead atoms. The van der Waals surface area contributed by atoms with Crippen molar-refractivity contribution in [2.75, 3.05) is 18.0 Å². The van der Waals surface area contributed by atoms with Crippen molar-refractivity contribution in [2.24, 2.45) is 0 Å². The summed E-state index contributed by atoms with van der Waals surface area (Å²) in [6.07, 6.45) is 2.79. The number of Topliss-reactive ketones (excluding diaryl/α,β-unsaturated/α-hetero) is 1. The summed E-state index contributed by atoms with van der Waals surface area (Å²) in [5.74, 6) is 1.16. The second-order valence-corrected chi connectivity index (χ2v) is 7.32. The van der Waals surface area contributed by atoms with E-state index in [2.05, 4.69) is 36.1 Å².